The molecule has 0 aromatic heterocycles. The maximum Gasteiger partial charge on any atom is 0.315 e. The largest absolute Gasteiger partial charge is 0.481 e. The number of hydrogen-bond acceptors (Lipinski definition) is 3. The van der Waals surface area contributed by atoms with Gasteiger partial charge in [-0.15, -0.1) is 0 Å². The summed E-state index contributed by atoms with van der Waals surface area (Å²) < 4.78 is 28.1. The molecule has 118 valence electrons. The molecule has 0 heterocycles. The number of carbonyl (C=O) groups excluding carboxylic acids is 1. The van der Waals surface area contributed by atoms with Crippen LogP contribution in [0.25, 0.3) is 0 Å². The first-order chi connectivity index (χ1) is 9.00. The van der Waals surface area contributed by atoms with Crippen molar-refractivity contribution in [1.82, 2.24) is 10.6 Å². The monoisotopic (exact) mass is 296 g/mol. The number of ether oxygens (including phenoxy) is 1. The van der Waals surface area contributed by atoms with E-state index in [2.05, 4.69) is 15.4 Å². The van der Waals surface area contributed by atoms with Crippen molar-refractivity contribution in [3.63, 3.8) is 0 Å². The van der Waals surface area contributed by atoms with Crippen molar-refractivity contribution in [3.8, 4) is 0 Å². The van der Waals surface area contributed by atoms with Crippen molar-refractivity contribution in [2.75, 3.05) is 19.8 Å². The molecule has 0 aliphatic carbocycles. The van der Waals surface area contributed by atoms with Gasteiger partial charge in [0.25, 0.3) is 6.43 Å². The van der Waals surface area contributed by atoms with Crippen LogP contribution < -0.4 is 10.6 Å². The van der Waals surface area contributed by atoms with Crippen molar-refractivity contribution >= 4 is 12.0 Å². The second-order valence-electron chi connectivity index (χ2n) is 5.40. The average molecular weight is 296 g/mol. The van der Waals surface area contributed by atoms with E-state index < -0.39 is 36.0 Å². The number of urea groups is 1. The van der Waals surface area contributed by atoms with Crippen molar-refractivity contribution in [2.24, 2.45) is 5.41 Å². The molecule has 0 aliphatic heterocycles. The topological polar surface area (TPSA) is 87.7 Å². The number of alkyl halides is 2. The fourth-order valence-electron chi connectivity index (χ4n) is 1.16. The normalized spacial score (nSPS) is 12.3. The summed E-state index contributed by atoms with van der Waals surface area (Å²) in [4.78, 5) is 22.8. The third kappa shape index (κ3) is 5.68. The van der Waals surface area contributed by atoms with Gasteiger partial charge in [-0.05, 0) is 27.7 Å². The fourth-order valence-corrected chi connectivity index (χ4v) is 1.16. The average Bonchev–Trinajstić information content (AvgIpc) is 2.26. The molecule has 0 atom stereocenters. The van der Waals surface area contributed by atoms with E-state index in [0.717, 1.165) is 0 Å². The molecule has 0 spiro atoms. The molecule has 8 heteroatoms. The Morgan fingerprint density at radius 3 is 2.25 bits per heavy atom. The maximum absolute atomic E-state index is 11.8. The summed E-state index contributed by atoms with van der Waals surface area (Å²) >= 11 is 0. The van der Waals surface area contributed by atoms with Gasteiger partial charge in [-0.25, -0.2) is 13.6 Å². The predicted molar refractivity (Wildman–Crippen MR) is 68.9 cm³/mol. The van der Waals surface area contributed by atoms with Gasteiger partial charge in [0.1, 0.15) is 6.61 Å². The molecule has 0 saturated carbocycles. The molecule has 0 saturated heterocycles. The highest BCUT2D eigenvalue weighted by Gasteiger charge is 2.44. The molecular formula is C12H22F2N2O4. The van der Waals surface area contributed by atoms with Crippen LogP contribution in [0.5, 0.6) is 0 Å². The first-order valence-corrected chi connectivity index (χ1v) is 6.16. The van der Waals surface area contributed by atoms with Crippen LogP contribution in [-0.2, 0) is 9.53 Å². The molecule has 0 radical (unpaired) electrons. The number of carboxylic acid groups (broad SMARTS) is 1. The number of aliphatic carboxylic acids is 1. The molecule has 0 aromatic rings. The van der Waals surface area contributed by atoms with Gasteiger partial charge in [0.15, 0.2) is 0 Å². The quantitative estimate of drug-likeness (QED) is 0.592. The van der Waals surface area contributed by atoms with Gasteiger partial charge < -0.3 is 20.5 Å². The summed E-state index contributed by atoms with van der Waals surface area (Å²) in [7, 11) is 0. The molecule has 20 heavy (non-hydrogen) atoms. The minimum absolute atomic E-state index is 0.0412. The molecule has 0 aromatic carbocycles. The zero-order chi connectivity index (χ0) is 16.0. The Kier molecular flexibility index (Phi) is 6.84. The number of halogens is 2. The van der Waals surface area contributed by atoms with Crippen LogP contribution in [0.1, 0.15) is 27.7 Å². The van der Waals surface area contributed by atoms with Crippen LogP contribution in [0.15, 0.2) is 0 Å². The molecule has 2 amide bonds. The lowest BCUT2D eigenvalue weighted by Gasteiger charge is -2.38. The predicted octanol–water partition coefficient (Wildman–Crippen LogP) is 1.46. The highest BCUT2D eigenvalue weighted by atomic mass is 19.3. The van der Waals surface area contributed by atoms with Gasteiger partial charge in [-0.3, -0.25) is 4.79 Å². The van der Waals surface area contributed by atoms with E-state index in [9.17, 15) is 18.4 Å². The Labute approximate surface area is 116 Å². The van der Waals surface area contributed by atoms with Gasteiger partial charge in [-0.1, -0.05) is 0 Å². The Bertz CT molecular complexity index is 346. The van der Waals surface area contributed by atoms with Gasteiger partial charge >= 0.3 is 12.0 Å². The van der Waals surface area contributed by atoms with Gasteiger partial charge in [0.2, 0.25) is 0 Å². The third-order valence-electron chi connectivity index (χ3n) is 3.30. The molecule has 0 unspecified atom stereocenters. The van der Waals surface area contributed by atoms with E-state index in [0.29, 0.717) is 0 Å². The van der Waals surface area contributed by atoms with E-state index in [4.69, 9.17) is 5.11 Å². The number of nitrogens with one attached hydrogen (secondary N) is 2. The lowest BCUT2D eigenvalue weighted by molar-refractivity contribution is -0.150. The number of carboxylic acids is 1. The van der Waals surface area contributed by atoms with Gasteiger partial charge in [-0.2, -0.15) is 0 Å². The summed E-state index contributed by atoms with van der Waals surface area (Å²) in [5, 5.41) is 14.1. The minimum atomic E-state index is -2.54. The smallest absolute Gasteiger partial charge is 0.315 e. The number of hydrogen-bond donors (Lipinski definition) is 3. The number of carbonyl (C=O) groups is 2. The van der Waals surface area contributed by atoms with Crippen LogP contribution in [0, 0.1) is 5.41 Å². The van der Waals surface area contributed by atoms with Gasteiger partial charge in [0.05, 0.1) is 17.6 Å². The second kappa shape index (κ2) is 7.37. The first-order valence-electron chi connectivity index (χ1n) is 6.16. The highest BCUT2D eigenvalue weighted by molar-refractivity contribution is 5.79. The summed E-state index contributed by atoms with van der Waals surface area (Å²) in [5.41, 5.74) is -2.16. The van der Waals surface area contributed by atoms with Crippen LogP contribution >= 0.6 is 0 Å². The molecule has 3 N–H and O–H groups in total. The third-order valence-corrected chi connectivity index (χ3v) is 3.30. The zero-order valence-electron chi connectivity index (χ0n) is 12.1. The van der Waals surface area contributed by atoms with Gasteiger partial charge in [0, 0.05) is 6.54 Å². The molecule has 6 nitrogen and oxygen atoms in total. The number of amides is 2. The molecule has 0 fully saturated rings. The lowest BCUT2D eigenvalue weighted by atomic mass is 9.74. The fraction of sp³-hybridized carbons (Fsp3) is 0.833. The Morgan fingerprint density at radius 2 is 1.80 bits per heavy atom. The lowest BCUT2D eigenvalue weighted by Crippen LogP contribution is -2.59. The summed E-state index contributed by atoms with van der Waals surface area (Å²) in [6.07, 6.45) is -2.54. The van der Waals surface area contributed by atoms with Crippen molar-refractivity contribution < 1.29 is 28.2 Å². The molecule has 0 aliphatic rings. The molecular weight excluding hydrogens is 274 g/mol. The maximum atomic E-state index is 11.8. The van der Waals surface area contributed by atoms with Crippen LogP contribution in [0.4, 0.5) is 13.6 Å². The molecule has 0 rings (SSSR count). The molecule has 0 bridgehead atoms. The zero-order valence-corrected chi connectivity index (χ0v) is 12.1. The highest BCUT2D eigenvalue weighted by Crippen LogP contribution is 2.30. The Morgan fingerprint density at radius 1 is 1.25 bits per heavy atom. The summed E-state index contributed by atoms with van der Waals surface area (Å²) in [6.45, 7) is 5.52. The van der Waals surface area contributed by atoms with E-state index in [-0.39, 0.29) is 13.2 Å². The van der Waals surface area contributed by atoms with Crippen LogP contribution in [-0.4, -0.2) is 48.8 Å². The Hall–Kier alpha value is -1.44. The minimum Gasteiger partial charge on any atom is -0.481 e. The first kappa shape index (κ1) is 18.6. The van der Waals surface area contributed by atoms with Crippen molar-refractivity contribution in [3.05, 3.63) is 0 Å². The van der Waals surface area contributed by atoms with E-state index in [1.807, 2.05) is 0 Å². The summed E-state index contributed by atoms with van der Waals surface area (Å²) in [6, 6.07) is -0.579. The summed E-state index contributed by atoms with van der Waals surface area (Å²) in [5.74, 6) is -1.04. The standard InChI is InChI=1S/C12H22F2N2O4/c1-11(2,9(17)18)12(3,4)16-10(19)15-5-6-20-7-8(13)14/h8H,5-7H2,1-4H3,(H,17,18)(H2,15,16,19). The van der Waals surface area contributed by atoms with E-state index in [1.54, 1.807) is 13.8 Å². The Balaban J connectivity index is 4.17. The van der Waals surface area contributed by atoms with Crippen LogP contribution in [0.2, 0.25) is 0 Å². The SMILES string of the molecule is CC(C)(NC(=O)NCCOCC(F)F)C(C)(C)C(=O)O. The second-order valence-corrected chi connectivity index (χ2v) is 5.40. The van der Waals surface area contributed by atoms with E-state index >= 15 is 0 Å². The van der Waals surface area contributed by atoms with E-state index in [1.165, 1.54) is 13.8 Å². The van der Waals surface area contributed by atoms with Crippen molar-refractivity contribution in [1.29, 1.82) is 0 Å². The van der Waals surface area contributed by atoms with Crippen molar-refractivity contribution in [2.45, 2.75) is 39.7 Å². The number of rotatable bonds is 8. The van der Waals surface area contributed by atoms with Crippen LogP contribution in [0.3, 0.4) is 0 Å².